The predicted molar refractivity (Wildman–Crippen MR) is 82.3 cm³/mol. The molecule has 0 fully saturated rings. The van der Waals surface area contributed by atoms with Gasteiger partial charge < -0.3 is 10.6 Å². The van der Waals surface area contributed by atoms with Gasteiger partial charge in [-0.15, -0.1) is 11.3 Å². The molecule has 2 N–H and O–H groups in total. The molecule has 1 aromatic heterocycles. The van der Waals surface area contributed by atoms with Crippen LogP contribution in [-0.2, 0) is 6.42 Å². The third-order valence-electron chi connectivity index (χ3n) is 3.71. The molecule has 1 aromatic carbocycles. The first-order valence-electron chi connectivity index (χ1n) is 6.54. The van der Waals surface area contributed by atoms with Crippen LogP contribution in [0.25, 0.3) is 0 Å². The molecule has 3 rings (SSSR count). The molecule has 0 saturated carbocycles. The van der Waals surface area contributed by atoms with Crippen LogP contribution < -0.4 is 5.73 Å². The van der Waals surface area contributed by atoms with Crippen molar-refractivity contribution in [1.82, 2.24) is 4.90 Å². The van der Waals surface area contributed by atoms with Crippen LogP contribution in [0.5, 0.6) is 0 Å². The zero-order chi connectivity index (χ0) is 14.1. The minimum absolute atomic E-state index is 0.0186. The van der Waals surface area contributed by atoms with Crippen LogP contribution in [0.1, 0.15) is 26.8 Å². The van der Waals surface area contributed by atoms with Gasteiger partial charge in [0.1, 0.15) is 4.88 Å². The molecule has 1 atom stereocenters. The molecule has 0 spiro atoms. The van der Waals surface area contributed by atoms with E-state index < -0.39 is 0 Å². The van der Waals surface area contributed by atoms with E-state index in [1.54, 1.807) is 6.07 Å². The van der Waals surface area contributed by atoms with Crippen molar-refractivity contribution >= 4 is 28.8 Å². The van der Waals surface area contributed by atoms with Gasteiger partial charge in [-0.2, -0.15) is 0 Å². The third kappa shape index (κ3) is 2.24. The van der Waals surface area contributed by atoms with Gasteiger partial charge in [0.25, 0.3) is 5.91 Å². The number of rotatable bonds is 2. The average Bonchev–Trinajstić information content (AvgIpc) is 2.91. The summed E-state index contributed by atoms with van der Waals surface area (Å²) in [5, 5.41) is 2.36. The van der Waals surface area contributed by atoms with Crippen LogP contribution in [0.15, 0.2) is 35.7 Å². The van der Waals surface area contributed by atoms with E-state index in [0.717, 1.165) is 12.0 Å². The zero-order valence-electron chi connectivity index (χ0n) is 10.9. The fourth-order valence-electron chi connectivity index (χ4n) is 2.73. The highest BCUT2D eigenvalue weighted by atomic mass is 35.5. The molecule has 1 unspecified atom stereocenters. The van der Waals surface area contributed by atoms with Gasteiger partial charge in [-0.05, 0) is 29.0 Å². The van der Waals surface area contributed by atoms with Crippen LogP contribution in [0.4, 0.5) is 0 Å². The molecule has 2 heterocycles. The number of hydrogen-bond acceptors (Lipinski definition) is 3. The van der Waals surface area contributed by atoms with Crippen molar-refractivity contribution < 1.29 is 4.79 Å². The Morgan fingerprint density at radius 2 is 2.20 bits per heavy atom. The summed E-state index contributed by atoms with van der Waals surface area (Å²) in [6.07, 6.45) is 0.863. The summed E-state index contributed by atoms with van der Waals surface area (Å²) in [5.41, 5.74) is 8.35. The molecule has 0 radical (unpaired) electrons. The summed E-state index contributed by atoms with van der Waals surface area (Å²) in [4.78, 5) is 15.1. The van der Waals surface area contributed by atoms with Gasteiger partial charge in [0, 0.05) is 13.1 Å². The van der Waals surface area contributed by atoms with Crippen LogP contribution in [0, 0.1) is 0 Å². The van der Waals surface area contributed by atoms with Crippen molar-refractivity contribution in [2.45, 2.75) is 12.5 Å². The van der Waals surface area contributed by atoms with Crippen LogP contribution in [0.3, 0.4) is 0 Å². The molecule has 0 saturated heterocycles. The lowest BCUT2D eigenvalue weighted by Gasteiger charge is -2.36. The fraction of sp³-hybridized carbons (Fsp3) is 0.267. The summed E-state index contributed by atoms with van der Waals surface area (Å²) in [5.74, 6) is -0.0186. The van der Waals surface area contributed by atoms with E-state index in [0.29, 0.717) is 23.0 Å². The maximum absolute atomic E-state index is 12.7. The number of thiophene rings is 1. The van der Waals surface area contributed by atoms with Gasteiger partial charge in [0.05, 0.1) is 11.1 Å². The van der Waals surface area contributed by atoms with Crippen molar-refractivity contribution in [2.24, 2.45) is 5.73 Å². The van der Waals surface area contributed by atoms with E-state index >= 15 is 0 Å². The summed E-state index contributed by atoms with van der Waals surface area (Å²) >= 11 is 7.46. The highest BCUT2D eigenvalue weighted by molar-refractivity contribution is 7.12. The molecular formula is C15H15ClN2OS. The van der Waals surface area contributed by atoms with Crippen LogP contribution >= 0.6 is 22.9 Å². The average molecular weight is 307 g/mol. The summed E-state index contributed by atoms with van der Waals surface area (Å²) in [6, 6.07) is 9.88. The van der Waals surface area contributed by atoms with Crippen molar-refractivity contribution in [3.8, 4) is 0 Å². The number of fused-ring (bicyclic) bond motifs is 1. The number of carbonyl (C=O) groups is 1. The molecule has 1 aliphatic heterocycles. The van der Waals surface area contributed by atoms with E-state index in [4.69, 9.17) is 17.3 Å². The first-order valence-corrected chi connectivity index (χ1v) is 7.80. The van der Waals surface area contributed by atoms with E-state index in [1.165, 1.54) is 16.9 Å². The highest BCUT2D eigenvalue weighted by Gasteiger charge is 2.31. The fourth-order valence-corrected chi connectivity index (χ4v) is 3.82. The van der Waals surface area contributed by atoms with E-state index in [9.17, 15) is 4.79 Å². The van der Waals surface area contributed by atoms with Crippen LogP contribution in [-0.4, -0.2) is 23.9 Å². The summed E-state index contributed by atoms with van der Waals surface area (Å²) in [7, 11) is 0. The Morgan fingerprint density at radius 1 is 1.40 bits per heavy atom. The lowest BCUT2D eigenvalue weighted by molar-refractivity contribution is 0.0673. The minimum atomic E-state index is -0.0642. The van der Waals surface area contributed by atoms with Crippen molar-refractivity contribution in [1.29, 1.82) is 0 Å². The van der Waals surface area contributed by atoms with Crippen molar-refractivity contribution in [2.75, 3.05) is 13.1 Å². The molecule has 0 aliphatic carbocycles. The second kappa shape index (κ2) is 5.56. The number of hydrogen-bond donors (Lipinski definition) is 1. The lowest BCUT2D eigenvalue weighted by Crippen LogP contribution is -2.43. The van der Waals surface area contributed by atoms with Gasteiger partial charge in [-0.25, -0.2) is 0 Å². The Balaban J connectivity index is 1.96. The largest absolute Gasteiger partial charge is 0.329 e. The van der Waals surface area contributed by atoms with Gasteiger partial charge in [0.15, 0.2) is 0 Å². The molecule has 3 nitrogen and oxygen atoms in total. The van der Waals surface area contributed by atoms with E-state index in [2.05, 4.69) is 12.1 Å². The molecule has 104 valence electrons. The zero-order valence-corrected chi connectivity index (χ0v) is 12.5. The second-order valence-electron chi connectivity index (χ2n) is 4.80. The van der Waals surface area contributed by atoms with Crippen LogP contribution in [0.2, 0.25) is 5.02 Å². The Hall–Kier alpha value is -1.36. The molecular weight excluding hydrogens is 292 g/mol. The smallest absolute Gasteiger partial charge is 0.266 e. The lowest BCUT2D eigenvalue weighted by atomic mass is 9.92. The molecule has 0 bridgehead atoms. The first-order chi connectivity index (χ1) is 9.72. The Kier molecular flexibility index (Phi) is 3.78. The van der Waals surface area contributed by atoms with Crippen molar-refractivity contribution in [3.63, 3.8) is 0 Å². The number of amides is 1. The van der Waals surface area contributed by atoms with Gasteiger partial charge in [-0.1, -0.05) is 35.9 Å². The monoisotopic (exact) mass is 306 g/mol. The highest BCUT2D eigenvalue weighted by Crippen LogP contribution is 2.32. The molecule has 1 aliphatic rings. The third-order valence-corrected chi connectivity index (χ3v) is 5.04. The SMILES string of the molecule is NCC1c2ccccc2CCN1C(=O)c1sccc1Cl. The van der Waals surface area contributed by atoms with E-state index in [-0.39, 0.29) is 11.9 Å². The van der Waals surface area contributed by atoms with E-state index in [1.807, 2.05) is 22.4 Å². The molecule has 1 amide bonds. The second-order valence-corrected chi connectivity index (χ2v) is 6.12. The number of halogens is 1. The molecule has 2 aromatic rings. The minimum Gasteiger partial charge on any atom is -0.329 e. The Morgan fingerprint density at radius 3 is 2.90 bits per heavy atom. The van der Waals surface area contributed by atoms with Crippen molar-refractivity contribution in [3.05, 3.63) is 56.7 Å². The quantitative estimate of drug-likeness (QED) is 0.926. The van der Waals surface area contributed by atoms with Gasteiger partial charge in [0.2, 0.25) is 0 Å². The number of nitrogens with two attached hydrogens (primary N) is 1. The Labute approximate surface area is 127 Å². The number of nitrogens with zero attached hydrogens (tertiary/aromatic N) is 1. The number of benzene rings is 1. The summed E-state index contributed by atoms with van der Waals surface area (Å²) in [6.45, 7) is 1.11. The number of carbonyl (C=O) groups excluding carboxylic acids is 1. The molecule has 20 heavy (non-hydrogen) atoms. The summed E-state index contributed by atoms with van der Waals surface area (Å²) < 4.78 is 0. The van der Waals surface area contributed by atoms with Gasteiger partial charge in [-0.3, -0.25) is 4.79 Å². The maximum atomic E-state index is 12.7. The maximum Gasteiger partial charge on any atom is 0.266 e. The first kappa shape index (κ1) is 13.6. The molecule has 5 heteroatoms. The Bertz CT molecular complexity index is 640. The standard InChI is InChI=1S/C15H15ClN2OS/c16-12-6-8-20-14(12)15(19)18-7-5-10-3-1-2-4-11(10)13(18)9-17/h1-4,6,8,13H,5,7,9,17H2. The topological polar surface area (TPSA) is 46.3 Å². The van der Waals surface area contributed by atoms with Gasteiger partial charge >= 0.3 is 0 Å². The predicted octanol–water partition coefficient (Wildman–Crippen LogP) is 3.10. The normalized spacial score (nSPS) is 17.9.